The second-order valence-electron chi connectivity index (χ2n) is 3.77. The van der Waals surface area contributed by atoms with Gasteiger partial charge in [0, 0.05) is 18.6 Å². The lowest BCUT2D eigenvalue weighted by Gasteiger charge is -2.47. The minimum Gasteiger partial charge on any atom is -0.378 e. The number of hydrogen-bond donors (Lipinski definition) is 1. The normalized spacial score (nSPS) is 37.1. The predicted molar refractivity (Wildman–Crippen MR) is 49.2 cm³/mol. The van der Waals surface area contributed by atoms with E-state index in [9.17, 15) is 4.79 Å². The first-order chi connectivity index (χ1) is 6.31. The van der Waals surface area contributed by atoms with E-state index in [0.717, 1.165) is 19.4 Å². The Balaban J connectivity index is 1.83. The first-order valence-electron chi connectivity index (χ1n) is 4.86. The molecule has 13 heavy (non-hydrogen) atoms. The van der Waals surface area contributed by atoms with Crippen molar-refractivity contribution in [2.75, 3.05) is 6.61 Å². The molecule has 1 aliphatic carbocycles. The molecule has 2 rings (SSSR count). The van der Waals surface area contributed by atoms with E-state index in [1.165, 1.54) is 12.5 Å². The van der Waals surface area contributed by atoms with Crippen molar-refractivity contribution in [3.63, 3.8) is 0 Å². The topological polar surface area (TPSA) is 38.3 Å². The highest BCUT2D eigenvalue weighted by molar-refractivity contribution is 5.87. The van der Waals surface area contributed by atoms with Gasteiger partial charge in [-0.25, -0.2) is 0 Å². The van der Waals surface area contributed by atoms with Gasteiger partial charge in [-0.1, -0.05) is 6.58 Å². The first kappa shape index (κ1) is 8.75. The summed E-state index contributed by atoms with van der Waals surface area (Å²) in [6, 6.07) is 0.329. The highest BCUT2D eigenvalue weighted by Gasteiger charge is 2.43. The summed E-state index contributed by atoms with van der Waals surface area (Å²) in [5, 5.41) is 2.93. The zero-order valence-corrected chi connectivity index (χ0v) is 7.66. The van der Waals surface area contributed by atoms with E-state index < -0.39 is 0 Å². The Kier molecular flexibility index (Phi) is 2.36. The Hall–Kier alpha value is -0.830. The summed E-state index contributed by atoms with van der Waals surface area (Å²) in [5.74, 6) is 0.492. The molecule has 1 N–H and O–H groups in total. The summed E-state index contributed by atoms with van der Waals surface area (Å²) in [6.07, 6.45) is 5.03. The minimum atomic E-state index is -0.0611. The van der Waals surface area contributed by atoms with Crippen LogP contribution in [0.15, 0.2) is 12.7 Å². The van der Waals surface area contributed by atoms with Crippen LogP contribution < -0.4 is 5.32 Å². The molecular formula is C10H15NO2. The fourth-order valence-electron chi connectivity index (χ4n) is 2.20. The summed E-state index contributed by atoms with van der Waals surface area (Å²) in [4.78, 5) is 11.0. The second kappa shape index (κ2) is 3.50. The number of fused-ring (bicyclic) bond motifs is 1. The molecule has 3 heteroatoms. The molecule has 1 saturated carbocycles. The molecule has 1 heterocycles. The van der Waals surface area contributed by atoms with E-state index >= 15 is 0 Å². The summed E-state index contributed by atoms with van der Waals surface area (Å²) in [6.45, 7) is 4.32. The molecule has 0 radical (unpaired) electrons. The lowest BCUT2D eigenvalue weighted by Crippen LogP contribution is -2.57. The SMILES string of the molecule is C=CC(=O)NC1CC2OCCCC12. The molecule has 1 amide bonds. The third-order valence-electron chi connectivity index (χ3n) is 3.01. The molecule has 0 aromatic heterocycles. The van der Waals surface area contributed by atoms with Gasteiger partial charge in [-0.05, 0) is 25.3 Å². The molecule has 0 aromatic rings. The molecule has 2 aliphatic rings. The third kappa shape index (κ3) is 1.61. The fraction of sp³-hybridized carbons (Fsp3) is 0.700. The van der Waals surface area contributed by atoms with E-state index in [0.29, 0.717) is 18.1 Å². The van der Waals surface area contributed by atoms with Crippen LogP contribution >= 0.6 is 0 Å². The van der Waals surface area contributed by atoms with Crippen molar-refractivity contribution in [2.45, 2.75) is 31.4 Å². The highest BCUT2D eigenvalue weighted by atomic mass is 16.5. The van der Waals surface area contributed by atoms with Gasteiger partial charge in [-0.2, -0.15) is 0 Å². The largest absolute Gasteiger partial charge is 0.378 e. The number of nitrogens with one attached hydrogen (secondary N) is 1. The number of ether oxygens (including phenoxy) is 1. The Morgan fingerprint density at radius 2 is 2.46 bits per heavy atom. The van der Waals surface area contributed by atoms with Crippen molar-refractivity contribution in [3.8, 4) is 0 Å². The zero-order chi connectivity index (χ0) is 9.26. The smallest absolute Gasteiger partial charge is 0.243 e. The van der Waals surface area contributed by atoms with Gasteiger partial charge in [0.15, 0.2) is 0 Å². The van der Waals surface area contributed by atoms with Crippen molar-refractivity contribution >= 4 is 5.91 Å². The van der Waals surface area contributed by atoms with Gasteiger partial charge in [-0.3, -0.25) is 4.79 Å². The lowest BCUT2D eigenvalue weighted by atomic mass is 9.72. The lowest BCUT2D eigenvalue weighted by molar-refractivity contribution is -0.127. The number of carbonyl (C=O) groups excluding carboxylic acids is 1. The number of rotatable bonds is 2. The average Bonchev–Trinajstić information content (AvgIpc) is 2.14. The van der Waals surface area contributed by atoms with Gasteiger partial charge >= 0.3 is 0 Å². The maximum atomic E-state index is 11.0. The van der Waals surface area contributed by atoms with Gasteiger partial charge in [-0.15, -0.1) is 0 Å². The molecule has 3 atom stereocenters. The van der Waals surface area contributed by atoms with Gasteiger partial charge in [0.05, 0.1) is 6.10 Å². The summed E-state index contributed by atoms with van der Waals surface area (Å²) < 4.78 is 5.55. The Morgan fingerprint density at radius 1 is 1.62 bits per heavy atom. The van der Waals surface area contributed by atoms with E-state index in [-0.39, 0.29) is 5.91 Å². The van der Waals surface area contributed by atoms with E-state index in [4.69, 9.17) is 4.74 Å². The Labute approximate surface area is 78.1 Å². The Bertz CT molecular complexity index is 227. The molecule has 3 unspecified atom stereocenters. The molecular weight excluding hydrogens is 166 g/mol. The number of carbonyl (C=O) groups is 1. The van der Waals surface area contributed by atoms with Crippen LogP contribution in [0.25, 0.3) is 0 Å². The van der Waals surface area contributed by atoms with Gasteiger partial charge < -0.3 is 10.1 Å². The van der Waals surface area contributed by atoms with Crippen LogP contribution in [0.2, 0.25) is 0 Å². The van der Waals surface area contributed by atoms with Crippen molar-refractivity contribution in [1.29, 1.82) is 0 Å². The van der Waals surface area contributed by atoms with Crippen molar-refractivity contribution in [3.05, 3.63) is 12.7 Å². The van der Waals surface area contributed by atoms with Gasteiger partial charge in [0.1, 0.15) is 0 Å². The summed E-state index contributed by atoms with van der Waals surface area (Å²) in [5.41, 5.74) is 0. The van der Waals surface area contributed by atoms with Crippen LogP contribution in [0.1, 0.15) is 19.3 Å². The second-order valence-corrected chi connectivity index (χ2v) is 3.77. The van der Waals surface area contributed by atoms with Crippen LogP contribution in [0.4, 0.5) is 0 Å². The van der Waals surface area contributed by atoms with Crippen molar-refractivity contribution < 1.29 is 9.53 Å². The van der Waals surface area contributed by atoms with E-state index in [1.54, 1.807) is 0 Å². The van der Waals surface area contributed by atoms with Gasteiger partial charge in [0.25, 0.3) is 0 Å². The van der Waals surface area contributed by atoms with Gasteiger partial charge in [0.2, 0.25) is 5.91 Å². The van der Waals surface area contributed by atoms with Crippen LogP contribution in [-0.4, -0.2) is 24.7 Å². The first-order valence-corrected chi connectivity index (χ1v) is 4.86. The molecule has 2 fully saturated rings. The molecule has 3 nitrogen and oxygen atoms in total. The van der Waals surface area contributed by atoms with Crippen LogP contribution in [0.5, 0.6) is 0 Å². The predicted octanol–water partition coefficient (Wildman–Crippen LogP) is 0.856. The molecule has 72 valence electrons. The molecule has 1 saturated heterocycles. The van der Waals surface area contributed by atoms with Crippen molar-refractivity contribution in [2.24, 2.45) is 5.92 Å². The molecule has 0 aromatic carbocycles. The number of amides is 1. The van der Waals surface area contributed by atoms with Crippen molar-refractivity contribution in [1.82, 2.24) is 5.32 Å². The Morgan fingerprint density at radius 3 is 3.15 bits per heavy atom. The average molecular weight is 181 g/mol. The zero-order valence-electron chi connectivity index (χ0n) is 7.66. The maximum Gasteiger partial charge on any atom is 0.243 e. The number of hydrogen-bond acceptors (Lipinski definition) is 2. The van der Waals surface area contributed by atoms with Crippen LogP contribution in [-0.2, 0) is 9.53 Å². The molecule has 1 aliphatic heterocycles. The highest BCUT2D eigenvalue weighted by Crippen LogP contribution is 2.37. The molecule has 0 bridgehead atoms. The summed E-state index contributed by atoms with van der Waals surface area (Å²) in [7, 11) is 0. The minimum absolute atomic E-state index is 0.0611. The standard InChI is InChI=1S/C10H15NO2/c1-2-10(12)11-8-6-9-7(8)4-3-5-13-9/h2,7-9H,1,3-6H2,(H,11,12). The maximum absolute atomic E-state index is 11.0. The quantitative estimate of drug-likeness (QED) is 0.641. The van der Waals surface area contributed by atoms with Crippen LogP contribution in [0.3, 0.4) is 0 Å². The van der Waals surface area contributed by atoms with E-state index in [1.807, 2.05) is 0 Å². The third-order valence-corrected chi connectivity index (χ3v) is 3.01. The van der Waals surface area contributed by atoms with E-state index in [2.05, 4.69) is 11.9 Å². The monoisotopic (exact) mass is 181 g/mol. The fourth-order valence-corrected chi connectivity index (χ4v) is 2.20. The summed E-state index contributed by atoms with van der Waals surface area (Å²) >= 11 is 0. The molecule has 0 spiro atoms. The van der Waals surface area contributed by atoms with Crippen LogP contribution in [0, 0.1) is 5.92 Å².